The summed E-state index contributed by atoms with van der Waals surface area (Å²) in [5.41, 5.74) is -1.60. The molecule has 0 unspecified atom stereocenters. The fraction of sp³-hybridized carbons (Fsp3) is 0.556. The Morgan fingerprint density at radius 1 is 0.903 bits per heavy atom. The Labute approximate surface area is 175 Å². The van der Waals surface area contributed by atoms with E-state index in [4.69, 9.17) is 23.7 Å². The van der Waals surface area contributed by atoms with E-state index in [0.29, 0.717) is 0 Å². The van der Waals surface area contributed by atoms with E-state index >= 15 is 0 Å². The number of nitrogens with one attached hydrogen (secondary N) is 1. The maximum absolute atomic E-state index is 12.3. The lowest BCUT2D eigenvalue weighted by Crippen LogP contribution is -2.61. The van der Waals surface area contributed by atoms with E-state index in [-0.39, 0.29) is 0 Å². The summed E-state index contributed by atoms with van der Waals surface area (Å²) in [7, 11) is 0. The van der Waals surface area contributed by atoms with Gasteiger partial charge in [-0.25, -0.2) is 4.79 Å². The fourth-order valence-electron chi connectivity index (χ4n) is 3.06. The number of ether oxygens (including phenoxy) is 5. The Bertz CT molecular complexity index is 966. The average molecular weight is 442 g/mol. The summed E-state index contributed by atoms with van der Waals surface area (Å²) in [6, 6.07) is 1.02. The summed E-state index contributed by atoms with van der Waals surface area (Å²) in [4.78, 5) is 72.3. The lowest BCUT2D eigenvalue weighted by molar-refractivity contribution is -0.269. The Balaban J connectivity index is 2.60. The zero-order valence-corrected chi connectivity index (χ0v) is 17.2. The molecule has 31 heavy (non-hydrogen) atoms. The second-order valence-corrected chi connectivity index (χ2v) is 6.61. The maximum Gasteiger partial charge on any atom is 0.330 e. The van der Waals surface area contributed by atoms with Gasteiger partial charge in [-0.3, -0.25) is 33.5 Å². The van der Waals surface area contributed by atoms with Crippen LogP contribution in [-0.2, 0) is 42.9 Å². The highest BCUT2D eigenvalue weighted by Crippen LogP contribution is 2.33. The molecule has 1 aromatic heterocycles. The molecule has 170 valence electrons. The topological polar surface area (TPSA) is 169 Å². The van der Waals surface area contributed by atoms with Gasteiger partial charge >= 0.3 is 29.6 Å². The third-order valence-electron chi connectivity index (χ3n) is 4.09. The molecular formula is C18H22N2O11. The van der Waals surface area contributed by atoms with Gasteiger partial charge in [0, 0.05) is 40.0 Å². The van der Waals surface area contributed by atoms with E-state index in [9.17, 15) is 28.8 Å². The number of aromatic amines is 1. The second kappa shape index (κ2) is 10.0. The first-order valence-corrected chi connectivity index (χ1v) is 9.11. The highest BCUT2D eigenvalue weighted by Gasteiger charge is 2.53. The summed E-state index contributed by atoms with van der Waals surface area (Å²) in [6.07, 6.45) is -5.79. The van der Waals surface area contributed by atoms with Crippen molar-refractivity contribution in [3.63, 3.8) is 0 Å². The van der Waals surface area contributed by atoms with Crippen LogP contribution in [0.15, 0.2) is 21.9 Å². The van der Waals surface area contributed by atoms with Gasteiger partial charge in [0.15, 0.2) is 24.5 Å². The predicted molar refractivity (Wildman–Crippen MR) is 98.5 cm³/mol. The molecule has 13 heteroatoms. The molecule has 0 aromatic carbocycles. The highest BCUT2D eigenvalue weighted by molar-refractivity contribution is 5.68. The second-order valence-electron chi connectivity index (χ2n) is 6.61. The van der Waals surface area contributed by atoms with Crippen molar-refractivity contribution in [1.82, 2.24) is 9.55 Å². The Morgan fingerprint density at radius 3 is 1.97 bits per heavy atom. The van der Waals surface area contributed by atoms with Gasteiger partial charge < -0.3 is 23.7 Å². The van der Waals surface area contributed by atoms with Crippen LogP contribution in [0.3, 0.4) is 0 Å². The molecule has 0 radical (unpaired) electrons. The molecule has 1 fully saturated rings. The largest absolute Gasteiger partial charge is 0.463 e. The summed E-state index contributed by atoms with van der Waals surface area (Å²) in [5, 5.41) is 0. The minimum Gasteiger partial charge on any atom is -0.463 e. The predicted octanol–water partition coefficient (Wildman–Crippen LogP) is -1.21. The molecule has 0 bridgehead atoms. The van der Waals surface area contributed by atoms with Gasteiger partial charge in [0.05, 0.1) is 0 Å². The van der Waals surface area contributed by atoms with Crippen LogP contribution in [-0.4, -0.2) is 64.5 Å². The van der Waals surface area contributed by atoms with Gasteiger partial charge in [-0.1, -0.05) is 0 Å². The highest BCUT2D eigenvalue weighted by atomic mass is 16.7. The number of esters is 4. The number of aromatic nitrogens is 2. The lowest BCUT2D eigenvalue weighted by atomic mass is 9.97. The lowest BCUT2D eigenvalue weighted by Gasteiger charge is -2.44. The number of carbonyl (C=O) groups excluding carboxylic acids is 4. The number of nitrogens with zero attached hydrogens (tertiary/aromatic N) is 1. The van der Waals surface area contributed by atoms with Crippen molar-refractivity contribution >= 4 is 23.9 Å². The van der Waals surface area contributed by atoms with Crippen LogP contribution in [0.4, 0.5) is 0 Å². The van der Waals surface area contributed by atoms with Crippen LogP contribution in [0.2, 0.25) is 0 Å². The number of H-pyrrole nitrogens is 1. The van der Waals surface area contributed by atoms with Crippen LogP contribution < -0.4 is 11.2 Å². The molecule has 2 rings (SSSR count). The zero-order valence-electron chi connectivity index (χ0n) is 17.2. The molecule has 0 spiro atoms. The molecule has 2 heterocycles. The molecule has 0 saturated carbocycles. The van der Waals surface area contributed by atoms with E-state index < -0.39 is 72.4 Å². The standard InChI is InChI=1S/C18H22N2O11/c1-8(21)27-7-12-14(28-9(2)22)15(29-10(3)23)16(30-11(4)24)17(31-12)20-6-5-13(25)19-18(20)26/h5-6,12,14-17H,7H2,1-4H3,(H,19,25,26)/t12-,14-,15+,16+,17+/m1/s1. The third kappa shape index (κ3) is 6.25. The van der Waals surface area contributed by atoms with Gasteiger partial charge in [0.2, 0.25) is 0 Å². The Kier molecular flexibility index (Phi) is 7.69. The van der Waals surface area contributed by atoms with Crippen molar-refractivity contribution in [3.8, 4) is 0 Å². The molecule has 0 aliphatic carbocycles. The van der Waals surface area contributed by atoms with Crippen LogP contribution in [0.25, 0.3) is 0 Å². The van der Waals surface area contributed by atoms with Gasteiger partial charge in [-0.15, -0.1) is 0 Å². The number of hydrogen-bond acceptors (Lipinski definition) is 11. The van der Waals surface area contributed by atoms with Crippen LogP contribution in [0.1, 0.15) is 33.9 Å². The third-order valence-corrected chi connectivity index (χ3v) is 4.09. The maximum atomic E-state index is 12.3. The van der Waals surface area contributed by atoms with Gasteiger partial charge in [0.1, 0.15) is 12.7 Å². The van der Waals surface area contributed by atoms with Crippen molar-refractivity contribution in [2.24, 2.45) is 0 Å². The zero-order chi connectivity index (χ0) is 23.3. The molecule has 5 atom stereocenters. The molecule has 1 aliphatic rings. The van der Waals surface area contributed by atoms with Gasteiger partial charge in [-0.2, -0.15) is 0 Å². The van der Waals surface area contributed by atoms with E-state index in [1.807, 2.05) is 4.98 Å². The minimum absolute atomic E-state index is 0.438. The summed E-state index contributed by atoms with van der Waals surface area (Å²) in [5.74, 6) is -3.07. The van der Waals surface area contributed by atoms with Crippen molar-refractivity contribution in [2.75, 3.05) is 6.61 Å². The molecule has 1 N–H and O–H groups in total. The Morgan fingerprint density at radius 2 is 1.45 bits per heavy atom. The minimum atomic E-state index is -1.46. The summed E-state index contributed by atoms with van der Waals surface area (Å²) >= 11 is 0. The van der Waals surface area contributed by atoms with Crippen molar-refractivity contribution in [1.29, 1.82) is 0 Å². The van der Waals surface area contributed by atoms with Crippen molar-refractivity contribution in [2.45, 2.75) is 58.3 Å². The first-order chi connectivity index (χ1) is 14.5. The fourth-order valence-corrected chi connectivity index (χ4v) is 3.06. The number of rotatable bonds is 6. The number of carbonyl (C=O) groups is 4. The normalized spacial score (nSPS) is 25.2. The van der Waals surface area contributed by atoms with E-state index in [2.05, 4.69) is 0 Å². The van der Waals surface area contributed by atoms with E-state index in [1.54, 1.807) is 0 Å². The summed E-state index contributed by atoms with van der Waals surface area (Å²) < 4.78 is 27.4. The first-order valence-electron chi connectivity index (χ1n) is 9.11. The smallest absolute Gasteiger partial charge is 0.330 e. The molecular weight excluding hydrogens is 420 g/mol. The number of hydrogen-bond donors (Lipinski definition) is 1. The summed E-state index contributed by atoms with van der Waals surface area (Å²) in [6.45, 7) is 3.94. The van der Waals surface area contributed by atoms with Crippen LogP contribution in [0.5, 0.6) is 0 Å². The Hall–Kier alpha value is -3.48. The van der Waals surface area contributed by atoms with Crippen LogP contribution in [0, 0.1) is 0 Å². The average Bonchev–Trinajstić information content (AvgIpc) is 2.63. The van der Waals surface area contributed by atoms with Crippen molar-refractivity contribution in [3.05, 3.63) is 33.1 Å². The molecule has 13 nitrogen and oxygen atoms in total. The quantitative estimate of drug-likeness (QED) is 0.414. The van der Waals surface area contributed by atoms with E-state index in [1.165, 1.54) is 0 Å². The van der Waals surface area contributed by atoms with Gasteiger partial charge in [0.25, 0.3) is 5.56 Å². The van der Waals surface area contributed by atoms with Crippen molar-refractivity contribution < 1.29 is 42.9 Å². The molecule has 1 saturated heterocycles. The SMILES string of the molecule is CC(=O)OC[C@H]1O[C@H](n2ccc(=O)[nH]c2=O)[C@@H](OC(C)=O)[C@@H](OC(C)=O)[C@@H]1OC(C)=O. The van der Waals surface area contributed by atoms with Gasteiger partial charge in [-0.05, 0) is 0 Å². The van der Waals surface area contributed by atoms with E-state index in [0.717, 1.165) is 44.5 Å². The van der Waals surface area contributed by atoms with Crippen LogP contribution >= 0.6 is 0 Å². The first kappa shape index (κ1) is 23.8. The monoisotopic (exact) mass is 442 g/mol. The molecule has 0 amide bonds. The molecule has 1 aliphatic heterocycles. The molecule has 1 aromatic rings.